The number of carbonyl (C=O) groups is 1. The normalized spacial score (nSPS) is 15.0. The van der Waals surface area contributed by atoms with Crippen LogP contribution in [0.1, 0.15) is 0 Å². The first-order chi connectivity index (χ1) is 12.6. The summed E-state index contributed by atoms with van der Waals surface area (Å²) >= 11 is 0. The molecule has 1 aromatic heterocycles. The molecule has 2 aromatic rings. The maximum atomic E-state index is 12.3. The number of amides is 1. The van der Waals surface area contributed by atoms with Crippen molar-refractivity contribution in [3.8, 4) is 11.5 Å². The zero-order valence-electron chi connectivity index (χ0n) is 15.4. The number of ether oxygens (including phenoxy) is 2. The highest BCUT2D eigenvalue weighted by atomic mass is 16.5. The lowest BCUT2D eigenvalue weighted by atomic mass is 10.2. The van der Waals surface area contributed by atoms with E-state index in [0.29, 0.717) is 23.7 Å². The van der Waals surface area contributed by atoms with Crippen LogP contribution in [0.3, 0.4) is 0 Å². The highest BCUT2D eigenvalue weighted by molar-refractivity contribution is 5.92. The van der Waals surface area contributed by atoms with Crippen LogP contribution in [0.2, 0.25) is 0 Å². The third-order valence-electron chi connectivity index (χ3n) is 4.49. The molecule has 1 amide bonds. The predicted octanol–water partition coefficient (Wildman–Crippen LogP) is 1.20. The maximum absolute atomic E-state index is 12.3. The van der Waals surface area contributed by atoms with Crippen LogP contribution in [-0.2, 0) is 11.8 Å². The van der Waals surface area contributed by atoms with Crippen LogP contribution in [0.4, 0.5) is 11.6 Å². The van der Waals surface area contributed by atoms with Crippen molar-refractivity contribution in [1.82, 2.24) is 14.5 Å². The Kier molecular flexibility index (Phi) is 5.62. The van der Waals surface area contributed by atoms with Crippen LogP contribution < -0.4 is 19.7 Å². The largest absolute Gasteiger partial charge is 0.493 e. The summed E-state index contributed by atoms with van der Waals surface area (Å²) in [5.41, 5.74) is 0.694. The Bertz CT molecular complexity index is 753. The van der Waals surface area contributed by atoms with E-state index in [1.807, 2.05) is 17.8 Å². The minimum atomic E-state index is -0.0392. The Morgan fingerprint density at radius 1 is 1.15 bits per heavy atom. The molecule has 8 heteroatoms. The monoisotopic (exact) mass is 359 g/mol. The van der Waals surface area contributed by atoms with Gasteiger partial charge in [-0.15, -0.1) is 0 Å². The third kappa shape index (κ3) is 4.08. The van der Waals surface area contributed by atoms with E-state index in [2.05, 4.69) is 20.1 Å². The second kappa shape index (κ2) is 8.09. The predicted molar refractivity (Wildman–Crippen MR) is 100 cm³/mol. The number of nitrogens with zero attached hydrogens (tertiary/aromatic N) is 4. The third-order valence-corrected chi connectivity index (χ3v) is 4.49. The Hall–Kier alpha value is -2.74. The van der Waals surface area contributed by atoms with E-state index in [4.69, 9.17) is 9.47 Å². The summed E-state index contributed by atoms with van der Waals surface area (Å²) in [7, 11) is 5.15. The number of hydrogen-bond donors (Lipinski definition) is 1. The van der Waals surface area contributed by atoms with Crippen LogP contribution in [0.5, 0.6) is 11.5 Å². The molecule has 0 saturated carbocycles. The molecule has 8 nitrogen and oxygen atoms in total. The molecule has 1 N–H and O–H groups in total. The van der Waals surface area contributed by atoms with Crippen LogP contribution in [0.15, 0.2) is 30.6 Å². The van der Waals surface area contributed by atoms with Gasteiger partial charge >= 0.3 is 0 Å². The lowest BCUT2D eigenvalue weighted by Gasteiger charge is -2.34. The minimum absolute atomic E-state index is 0.0392. The zero-order chi connectivity index (χ0) is 18.5. The highest BCUT2D eigenvalue weighted by Gasteiger charge is 2.21. The van der Waals surface area contributed by atoms with Gasteiger partial charge in [0, 0.05) is 57.4 Å². The van der Waals surface area contributed by atoms with Crippen LogP contribution in [0, 0.1) is 0 Å². The van der Waals surface area contributed by atoms with Crippen LogP contribution >= 0.6 is 0 Å². The van der Waals surface area contributed by atoms with E-state index >= 15 is 0 Å². The molecule has 1 aliphatic heterocycles. The number of imidazole rings is 1. The molecule has 1 aromatic carbocycles. The number of anilines is 2. The highest BCUT2D eigenvalue weighted by Crippen LogP contribution is 2.29. The number of piperazine rings is 1. The molecule has 0 atom stereocenters. The van der Waals surface area contributed by atoms with Crippen molar-refractivity contribution in [3.05, 3.63) is 30.6 Å². The molecule has 3 rings (SSSR count). The van der Waals surface area contributed by atoms with E-state index < -0.39 is 0 Å². The van der Waals surface area contributed by atoms with Gasteiger partial charge in [0.2, 0.25) is 11.9 Å². The van der Waals surface area contributed by atoms with E-state index in [0.717, 1.165) is 32.1 Å². The first-order valence-electron chi connectivity index (χ1n) is 8.57. The van der Waals surface area contributed by atoms with E-state index in [1.165, 1.54) is 0 Å². The van der Waals surface area contributed by atoms with Crippen LogP contribution in [0.25, 0.3) is 0 Å². The number of nitrogens with one attached hydrogen (secondary N) is 1. The van der Waals surface area contributed by atoms with E-state index in [9.17, 15) is 4.79 Å². The first-order valence-corrected chi connectivity index (χ1v) is 8.57. The van der Waals surface area contributed by atoms with Gasteiger partial charge < -0.3 is 24.3 Å². The molecule has 2 heterocycles. The van der Waals surface area contributed by atoms with Gasteiger partial charge in [-0.05, 0) is 12.1 Å². The molecule has 26 heavy (non-hydrogen) atoms. The summed E-state index contributed by atoms with van der Waals surface area (Å²) in [5, 5.41) is 2.92. The Morgan fingerprint density at radius 3 is 2.50 bits per heavy atom. The van der Waals surface area contributed by atoms with Crippen molar-refractivity contribution in [2.75, 3.05) is 57.2 Å². The second-order valence-corrected chi connectivity index (χ2v) is 6.22. The molecule has 0 spiro atoms. The standard InChI is InChI=1S/C18H25N5O3/c1-21-7-6-19-18(21)23-10-8-22(9-11-23)13-17(24)20-14-4-5-15(25-2)16(12-14)26-3/h4-7,12H,8-11,13H2,1-3H3,(H,20,24). The molecule has 1 fully saturated rings. The topological polar surface area (TPSA) is 71.9 Å². The van der Waals surface area contributed by atoms with Crippen LogP contribution in [-0.4, -0.2) is 67.3 Å². The maximum Gasteiger partial charge on any atom is 0.238 e. The summed E-state index contributed by atoms with van der Waals surface area (Å²) in [4.78, 5) is 21.1. The van der Waals surface area contributed by atoms with Gasteiger partial charge in [-0.25, -0.2) is 4.98 Å². The van der Waals surface area contributed by atoms with Crippen molar-refractivity contribution < 1.29 is 14.3 Å². The number of hydrogen-bond acceptors (Lipinski definition) is 6. The summed E-state index contributed by atoms with van der Waals surface area (Å²) < 4.78 is 12.5. The Labute approximate surface area is 153 Å². The lowest BCUT2D eigenvalue weighted by Crippen LogP contribution is -2.49. The van der Waals surface area contributed by atoms with Gasteiger partial charge in [-0.1, -0.05) is 0 Å². The second-order valence-electron chi connectivity index (χ2n) is 6.22. The number of benzene rings is 1. The zero-order valence-corrected chi connectivity index (χ0v) is 15.4. The number of methoxy groups -OCH3 is 2. The van der Waals surface area contributed by atoms with Gasteiger partial charge in [0.25, 0.3) is 0 Å². The molecular formula is C18H25N5O3. The van der Waals surface area contributed by atoms with Crippen molar-refractivity contribution in [2.24, 2.45) is 7.05 Å². The minimum Gasteiger partial charge on any atom is -0.493 e. The molecule has 0 aliphatic carbocycles. The molecule has 0 radical (unpaired) electrons. The fourth-order valence-corrected chi connectivity index (χ4v) is 3.09. The van der Waals surface area contributed by atoms with E-state index in [1.54, 1.807) is 38.6 Å². The summed E-state index contributed by atoms with van der Waals surface area (Å²) in [5.74, 6) is 2.16. The van der Waals surface area contributed by atoms with Crippen molar-refractivity contribution in [2.45, 2.75) is 0 Å². The fourth-order valence-electron chi connectivity index (χ4n) is 3.09. The van der Waals surface area contributed by atoms with Gasteiger partial charge in [-0.3, -0.25) is 9.69 Å². The molecule has 0 bridgehead atoms. The molecule has 1 saturated heterocycles. The quantitative estimate of drug-likeness (QED) is 0.836. The summed E-state index contributed by atoms with van der Waals surface area (Å²) in [6.07, 6.45) is 3.75. The average Bonchev–Trinajstić information content (AvgIpc) is 3.08. The SMILES string of the molecule is COc1ccc(NC(=O)CN2CCN(c3nccn3C)CC2)cc1OC. The van der Waals surface area contributed by atoms with Gasteiger partial charge in [0.15, 0.2) is 11.5 Å². The molecule has 140 valence electrons. The smallest absolute Gasteiger partial charge is 0.238 e. The van der Waals surface area contributed by atoms with Gasteiger partial charge in [-0.2, -0.15) is 0 Å². The first kappa shape index (κ1) is 18.1. The summed E-state index contributed by atoms with van der Waals surface area (Å²) in [6, 6.07) is 5.34. The molecule has 1 aliphatic rings. The molecule has 0 unspecified atom stereocenters. The molecular weight excluding hydrogens is 334 g/mol. The lowest BCUT2D eigenvalue weighted by molar-refractivity contribution is -0.117. The Balaban J connectivity index is 1.51. The number of carbonyl (C=O) groups excluding carboxylic acids is 1. The number of aromatic nitrogens is 2. The van der Waals surface area contributed by atoms with Crippen molar-refractivity contribution in [3.63, 3.8) is 0 Å². The number of rotatable bonds is 6. The van der Waals surface area contributed by atoms with Crippen molar-refractivity contribution in [1.29, 1.82) is 0 Å². The fraction of sp³-hybridized carbons (Fsp3) is 0.444. The number of aryl methyl sites for hydroxylation is 1. The van der Waals surface area contributed by atoms with Gasteiger partial charge in [0.1, 0.15) is 0 Å². The summed E-state index contributed by atoms with van der Waals surface area (Å²) in [6.45, 7) is 3.73. The Morgan fingerprint density at radius 2 is 1.88 bits per heavy atom. The van der Waals surface area contributed by atoms with E-state index in [-0.39, 0.29) is 5.91 Å². The average molecular weight is 359 g/mol. The van der Waals surface area contributed by atoms with Crippen molar-refractivity contribution >= 4 is 17.5 Å². The van der Waals surface area contributed by atoms with Gasteiger partial charge in [0.05, 0.1) is 20.8 Å².